The van der Waals surface area contributed by atoms with Crippen LogP contribution in [0, 0.1) is 11.6 Å². The van der Waals surface area contributed by atoms with Crippen LogP contribution >= 0.6 is 35.0 Å². The fourth-order valence-electron chi connectivity index (χ4n) is 5.55. The van der Waals surface area contributed by atoms with Crippen LogP contribution < -0.4 is 4.74 Å². The minimum atomic E-state index is -4.20. The maximum absolute atomic E-state index is 15.8. The van der Waals surface area contributed by atoms with E-state index in [4.69, 9.17) is 33.0 Å². The molecule has 0 aliphatic heterocycles. The number of imidazole rings is 1. The Morgan fingerprint density at radius 1 is 1.02 bits per heavy atom. The highest BCUT2D eigenvalue weighted by Gasteiger charge is 2.31. The quantitative estimate of drug-likeness (QED) is 0.0855. The van der Waals surface area contributed by atoms with Crippen LogP contribution in [-0.2, 0) is 26.0 Å². The lowest BCUT2D eigenvalue weighted by Crippen LogP contribution is -2.39. The molecule has 3 aromatic carbocycles. The fraction of sp³-hybridized carbons (Fsp3) is 0.389. The van der Waals surface area contributed by atoms with Gasteiger partial charge in [-0.3, -0.25) is 9.36 Å². The first-order valence-corrected chi connectivity index (χ1v) is 19.3. The zero-order chi connectivity index (χ0) is 37.7. The number of sulfonamides is 1. The molecule has 0 amide bonds. The van der Waals surface area contributed by atoms with Gasteiger partial charge in [0, 0.05) is 53.4 Å². The Kier molecular flexibility index (Phi) is 13.2. The number of methoxy groups -OCH3 is 1. The van der Waals surface area contributed by atoms with Crippen LogP contribution in [0.4, 0.5) is 8.78 Å². The third-order valence-electron chi connectivity index (χ3n) is 8.46. The summed E-state index contributed by atoms with van der Waals surface area (Å²) in [6.07, 6.45) is 2.13. The molecule has 51 heavy (non-hydrogen) atoms. The largest absolute Gasteiger partial charge is 0.495 e. The lowest BCUT2D eigenvalue weighted by atomic mass is 9.81. The molecule has 4 aromatic rings. The van der Waals surface area contributed by atoms with Gasteiger partial charge in [-0.2, -0.15) is 4.31 Å². The van der Waals surface area contributed by atoms with Gasteiger partial charge in [0.05, 0.1) is 56.6 Å². The molecule has 4 rings (SSSR count). The number of carboxylic acids is 1. The first-order valence-electron chi connectivity index (χ1n) is 16.2. The van der Waals surface area contributed by atoms with Gasteiger partial charge in [0.1, 0.15) is 17.4 Å². The normalized spacial score (nSPS) is 12.5. The molecule has 0 atom stereocenters. The third-order valence-corrected chi connectivity index (χ3v) is 12.0. The van der Waals surface area contributed by atoms with Gasteiger partial charge in [0.25, 0.3) is 0 Å². The predicted molar refractivity (Wildman–Crippen MR) is 198 cm³/mol. The lowest BCUT2D eigenvalue weighted by molar-refractivity contribution is -0.870. The van der Waals surface area contributed by atoms with Crippen LogP contribution in [0.2, 0.25) is 10.0 Å². The predicted octanol–water partition coefficient (Wildman–Crippen LogP) is 8.04. The number of ether oxygens (including phenoxy) is 1. The summed E-state index contributed by atoms with van der Waals surface area (Å²) in [7, 11) is 3.29. The van der Waals surface area contributed by atoms with E-state index >= 15 is 4.39 Å². The number of hydrogen-bond donors (Lipinski definition) is 1. The number of aliphatic carboxylic acids is 1. The monoisotopic (exact) mass is 783 g/mol. The van der Waals surface area contributed by atoms with Crippen molar-refractivity contribution in [3.05, 3.63) is 99.3 Å². The number of carboxylic acid groups (broad SMARTS) is 1. The summed E-state index contributed by atoms with van der Waals surface area (Å²) >= 11 is 14.1. The maximum Gasteiger partial charge on any atom is 0.303 e. The number of aromatic nitrogens is 2. The molecule has 0 unspecified atom stereocenters. The van der Waals surface area contributed by atoms with Crippen molar-refractivity contribution >= 4 is 51.0 Å². The molecule has 0 bridgehead atoms. The molecule has 1 N–H and O–H groups in total. The molecule has 0 fully saturated rings. The number of benzene rings is 3. The number of nitrogens with zero attached hydrogens (tertiary/aromatic N) is 4. The molecule has 9 nitrogen and oxygen atoms in total. The number of quaternary nitrogens is 1. The summed E-state index contributed by atoms with van der Waals surface area (Å²) in [5.74, 6) is -1.74. The van der Waals surface area contributed by atoms with Crippen molar-refractivity contribution in [3.63, 3.8) is 0 Å². The van der Waals surface area contributed by atoms with Crippen LogP contribution in [0.3, 0.4) is 0 Å². The van der Waals surface area contributed by atoms with E-state index in [0.29, 0.717) is 39.1 Å². The van der Waals surface area contributed by atoms with Gasteiger partial charge in [0.15, 0.2) is 5.16 Å². The van der Waals surface area contributed by atoms with Crippen LogP contribution in [0.1, 0.15) is 49.9 Å². The third kappa shape index (κ3) is 10.0. The van der Waals surface area contributed by atoms with E-state index in [2.05, 4.69) is 4.98 Å². The number of halogens is 4. The second-order valence-corrected chi connectivity index (χ2v) is 17.3. The average Bonchev–Trinajstić information content (AvgIpc) is 3.48. The molecule has 0 aliphatic rings. The van der Waals surface area contributed by atoms with Crippen molar-refractivity contribution in [1.82, 2.24) is 13.9 Å². The van der Waals surface area contributed by atoms with Gasteiger partial charge in [-0.15, -0.1) is 0 Å². The molecule has 1 aromatic heterocycles. The van der Waals surface area contributed by atoms with Gasteiger partial charge in [-0.1, -0.05) is 54.9 Å². The van der Waals surface area contributed by atoms with E-state index in [-0.39, 0.29) is 47.2 Å². The SMILES string of the molecule is COc1cc(C(C)(C)c2cnc(SCc3c(F)cc(S(=O)(=O)N(CCCC(=O)O)CCC[N+](C)(C)C)cc3Cl)n2-c2ccc(F)cc2)ccc1Cl. The highest BCUT2D eigenvalue weighted by atomic mass is 35.5. The molecular formula is C36H43Cl2F2N4O5S2+. The minimum absolute atomic E-state index is 0.00364. The number of rotatable bonds is 17. The van der Waals surface area contributed by atoms with Gasteiger partial charge in [0.2, 0.25) is 10.0 Å². The van der Waals surface area contributed by atoms with Crippen molar-refractivity contribution in [2.75, 3.05) is 47.9 Å². The molecule has 0 saturated heterocycles. The second kappa shape index (κ2) is 16.6. The molecule has 0 radical (unpaired) electrons. The van der Waals surface area contributed by atoms with E-state index in [0.717, 1.165) is 17.3 Å². The standard InChI is InChI=1S/C36H42Cl2F2N4O5S2/c1-36(2,24-10-15-29(37)32(19-24)49-6)33-22-41-35(43(33)26-13-11-25(39)12-14-26)50-23-28-30(38)20-27(21-31(28)40)51(47,48)42(16-7-9-34(45)46)17-8-18-44(3,4)5/h10-15,19-22H,7-9,16-18,23H2,1-6H3/p+1. The first kappa shape index (κ1) is 40.6. The summed E-state index contributed by atoms with van der Waals surface area (Å²) in [5, 5.41) is 9.97. The molecule has 0 saturated carbocycles. The van der Waals surface area contributed by atoms with Gasteiger partial charge in [-0.25, -0.2) is 22.2 Å². The summed E-state index contributed by atoms with van der Waals surface area (Å²) < 4.78 is 66.4. The van der Waals surface area contributed by atoms with Crippen LogP contribution in [0.5, 0.6) is 5.75 Å². The molecule has 1 heterocycles. The Morgan fingerprint density at radius 2 is 1.69 bits per heavy atom. The second-order valence-electron chi connectivity index (χ2n) is 13.6. The van der Waals surface area contributed by atoms with E-state index in [1.807, 2.05) is 51.7 Å². The Balaban J connectivity index is 1.66. The minimum Gasteiger partial charge on any atom is -0.495 e. The Labute approximate surface area is 312 Å². The zero-order valence-electron chi connectivity index (χ0n) is 29.4. The fourth-order valence-corrected chi connectivity index (χ4v) is 8.74. The van der Waals surface area contributed by atoms with Crippen LogP contribution in [-0.4, -0.2) is 85.7 Å². The van der Waals surface area contributed by atoms with Crippen molar-refractivity contribution < 1.29 is 36.3 Å². The van der Waals surface area contributed by atoms with Crippen molar-refractivity contribution in [1.29, 1.82) is 0 Å². The van der Waals surface area contributed by atoms with Crippen LogP contribution in [0.15, 0.2) is 70.8 Å². The number of carbonyl (C=O) groups is 1. The first-order chi connectivity index (χ1) is 23.8. The maximum atomic E-state index is 15.8. The summed E-state index contributed by atoms with van der Waals surface area (Å²) in [4.78, 5) is 15.5. The Hall–Kier alpha value is -3.20. The van der Waals surface area contributed by atoms with Gasteiger partial charge in [-0.05, 0) is 60.5 Å². The molecule has 276 valence electrons. The topological polar surface area (TPSA) is 102 Å². The zero-order valence-corrected chi connectivity index (χ0v) is 32.6. The summed E-state index contributed by atoms with van der Waals surface area (Å²) in [6.45, 7) is 4.79. The highest BCUT2D eigenvalue weighted by Crippen LogP contribution is 2.40. The van der Waals surface area contributed by atoms with E-state index < -0.39 is 33.0 Å². The van der Waals surface area contributed by atoms with Gasteiger partial charge >= 0.3 is 5.97 Å². The molecule has 15 heteroatoms. The highest BCUT2D eigenvalue weighted by molar-refractivity contribution is 7.98. The molecule has 0 spiro atoms. The van der Waals surface area contributed by atoms with E-state index in [9.17, 15) is 17.6 Å². The van der Waals surface area contributed by atoms with Crippen LogP contribution in [0.25, 0.3) is 5.69 Å². The Bertz CT molecular complexity index is 1940. The average molecular weight is 785 g/mol. The lowest BCUT2D eigenvalue weighted by Gasteiger charge is -2.28. The van der Waals surface area contributed by atoms with E-state index in [1.165, 1.54) is 41.4 Å². The van der Waals surface area contributed by atoms with Crippen molar-refractivity contribution in [3.8, 4) is 11.4 Å². The van der Waals surface area contributed by atoms with Crippen molar-refractivity contribution in [2.24, 2.45) is 0 Å². The molecule has 0 aliphatic carbocycles. The van der Waals surface area contributed by atoms with Crippen molar-refractivity contribution in [2.45, 2.75) is 54.3 Å². The van der Waals surface area contributed by atoms with Gasteiger partial charge < -0.3 is 14.3 Å². The number of thioether (sulfide) groups is 1. The smallest absolute Gasteiger partial charge is 0.303 e. The Morgan fingerprint density at radius 3 is 2.29 bits per heavy atom. The summed E-state index contributed by atoms with van der Waals surface area (Å²) in [6, 6.07) is 13.6. The molecular weight excluding hydrogens is 741 g/mol. The van der Waals surface area contributed by atoms with E-state index in [1.54, 1.807) is 24.4 Å². The number of hydrogen-bond acceptors (Lipinski definition) is 6. The summed E-state index contributed by atoms with van der Waals surface area (Å²) in [5.41, 5.74) is 1.69.